The fraction of sp³-hybridized carbons (Fsp3) is 0.429. The van der Waals surface area contributed by atoms with E-state index >= 15 is 0 Å². The Hall–Kier alpha value is -2.04. The van der Waals surface area contributed by atoms with Crippen LogP contribution in [0, 0.1) is 0 Å². The highest BCUT2D eigenvalue weighted by Crippen LogP contribution is 2.22. The van der Waals surface area contributed by atoms with Crippen LogP contribution < -0.4 is 10.2 Å². The molecule has 0 unspecified atom stereocenters. The van der Waals surface area contributed by atoms with E-state index in [1.165, 1.54) is 18.5 Å². The number of hydrogen-bond donors (Lipinski definition) is 2. The van der Waals surface area contributed by atoms with E-state index in [-0.39, 0.29) is 18.7 Å². The molecule has 5 nitrogen and oxygen atoms in total. The third-order valence-electron chi connectivity index (χ3n) is 3.19. The van der Waals surface area contributed by atoms with Gasteiger partial charge < -0.3 is 15.3 Å². The van der Waals surface area contributed by atoms with Crippen molar-refractivity contribution < 1.29 is 14.7 Å². The third-order valence-corrected chi connectivity index (χ3v) is 3.19. The van der Waals surface area contributed by atoms with E-state index < -0.39 is 5.97 Å². The smallest absolute Gasteiger partial charge is 0.303 e. The topological polar surface area (TPSA) is 69.6 Å². The third kappa shape index (κ3) is 3.98. The molecule has 1 aliphatic heterocycles. The van der Waals surface area contributed by atoms with Crippen molar-refractivity contribution in [2.75, 3.05) is 23.3 Å². The number of carboxylic acid groups (broad SMARTS) is 1. The summed E-state index contributed by atoms with van der Waals surface area (Å²) in [6.07, 6.45) is 2.32. The van der Waals surface area contributed by atoms with Gasteiger partial charge in [0, 0.05) is 30.9 Å². The fourth-order valence-corrected chi connectivity index (χ4v) is 2.17. The molecule has 1 amide bonds. The van der Waals surface area contributed by atoms with Gasteiger partial charge in [0.15, 0.2) is 0 Å². The number of carboxylic acids is 1. The number of anilines is 2. The summed E-state index contributed by atoms with van der Waals surface area (Å²) < 4.78 is 0. The highest BCUT2D eigenvalue weighted by Gasteiger charge is 2.12. The van der Waals surface area contributed by atoms with Gasteiger partial charge in [0.25, 0.3) is 0 Å². The van der Waals surface area contributed by atoms with Crippen LogP contribution in [-0.2, 0) is 9.59 Å². The van der Waals surface area contributed by atoms with E-state index in [9.17, 15) is 9.59 Å². The second kappa shape index (κ2) is 6.22. The number of aliphatic carboxylic acids is 1. The lowest BCUT2D eigenvalue weighted by Crippen LogP contribution is -2.17. The summed E-state index contributed by atoms with van der Waals surface area (Å²) in [5.41, 5.74) is 1.87. The average molecular weight is 262 g/mol. The zero-order chi connectivity index (χ0) is 13.7. The van der Waals surface area contributed by atoms with Gasteiger partial charge in [0.05, 0.1) is 6.42 Å². The zero-order valence-corrected chi connectivity index (χ0v) is 10.8. The minimum Gasteiger partial charge on any atom is -0.481 e. The van der Waals surface area contributed by atoms with Crippen LogP contribution in [0.15, 0.2) is 24.3 Å². The molecule has 0 atom stereocenters. The number of amides is 1. The molecule has 1 saturated heterocycles. The number of nitrogens with one attached hydrogen (secondary N) is 1. The van der Waals surface area contributed by atoms with Crippen LogP contribution in [-0.4, -0.2) is 30.1 Å². The fourth-order valence-electron chi connectivity index (χ4n) is 2.17. The number of rotatable bonds is 5. The van der Waals surface area contributed by atoms with E-state index in [1.807, 2.05) is 24.3 Å². The zero-order valence-electron chi connectivity index (χ0n) is 10.8. The minimum absolute atomic E-state index is 0.00318. The van der Waals surface area contributed by atoms with Crippen molar-refractivity contribution in [1.29, 1.82) is 0 Å². The molecule has 0 saturated carbocycles. The van der Waals surface area contributed by atoms with Crippen LogP contribution >= 0.6 is 0 Å². The van der Waals surface area contributed by atoms with Gasteiger partial charge in [-0.25, -0.2) is 0 Å². The van der Waals surface area contributed by atoms with Crippen LogP contribution in [0.3, 0.4) is 0 Å². The molecular weight excluding hydrogens is 244 g/mol. The summed E-state index contributed by atoms with van der Waals surface area (Å²) in [7, 11) is 0. The highest BCUT2D eigenvalue weighted by molar-refractivity contribution is 5.92. The quantitative estimate of drug-likeness (QED) is 0.852. The van der Waals surface area contributed by atoms with Crippen molar-refractivity contribution in [3.05, 3.63) is 24.3 Å². The number of nitrogens with zero attached hydrogens (tertiary/aromatic N) is 1. The molecule has 1 aliphatic rings. The van der Waals surface area contributed by atoms with E-state index in [4.69, 9.17) is 5.11 Å². The van der Waals surface area contributed by atoms with Crippen molar-refractivity contribution in [1.82, 2.24) is 0 Å². The first kappa shape index (κ1) is 13.4. The Morgan fingerprint density at radius 3 is 2.32 bits per heavy atom. The normalized spacial score (nSPS) is 14.4. The largest absolute Gasteiger partial charge is 0.481 e. The molecule has 0 spiro atoms. The van der Waals surface area contributed by atoms with Crippen LogP contribution in [0.25, 0.3) is 0 Å². The molecule has 5 heteroatoms. The molecule has 1 fully saturated rings. The molecule has 1 heterocycles. The Kier molecular flexibility index (Phi) is 4.39. The van der Waals surface area contributed by atoms with Gasteiger partial charge in [-0.2, -0.15) is 0 Å². The van der Waals surface area contributed by atoms with E-state index in [1.54, 1.807) is 0 Å². The van der Waals surface area contributed by atoms with Crippen LogP contribution in [0.5, 0.6) is 0 Å². The summed E-state index contributed by atoms with van der Waals surface area (Å²) in [5, 5.41) is 11.2. The molecule has 1 aromatic carbocycles. The number of hydrogen-bond acceptors (Lipinski definition) is 3. The molecule has 1 aromatic rings. The van der Waals surface area contributed by atoms with Gasteiger partial charge in [0.2, 0.25) is 5.91 Å². The molecule has 2 rings (SSSR count). The first-order valence-electron chi connectivity index (χ1n) is 6.52. The van der Waals surface area contributed by atoms with Crippen LogP contribution in [0.4, 0.5) is 11.4 Å². The Morgan fingerprint density at radius 1 is 1.11 bits per heavy atom. The number of carbonyl (C=O) groups is 2. The predicted octanol–water partition coefficient (Wildman–Crippen LogP) is 2.09. The Bertz CT molecular complexity index is 450. The van der Waals surface area contributed by atoms with Crippen molar-refractivity contribution >= 4 is 23.3 Å². The molecule has 19 heavy (non-hydrogen) atoms. The van der Waals surface area contributed by atoms with Gasteiger partial charge in [-0.05, 0) is 37.1 Å². The van der Waals surface area contributed by atoms with E-state index in [2.05, 4.69) is 10.2 Å². The van der Waals surface area contributed by atoms with Gasteiger partial charge in [-0.3, -0.25) is 9.59 Å². The summed E-state index contributed by atoms with van der Waals surface area (Å²) in [6.45, 7) is 2.18. The summed E-state index contributed by atoms with van der Waals surface area (Å²) >= 11 is 0. The van der Waals surface area contributed by atoms with Gasteiger partial charge in [-0.15, -0.1) is 0 Å². The molecule has 2 N–H and O–H groups in total. The summed E-state index contributed by atoms with van der Waals surface area (Å²) in [5.74, 6) is -1.23. The highest BCUT2D eigenvalue weighted by atomic mass is 16.4. The Labute approximate surface area is 112 Å². The molecular formula is C14H18N2O3. The molecule has 0 bridgehead atoms. The monoisotopic (exact) mass is 262 g/mol. The van der Waals surface area contributed by atoms with E-state index in [0.29, 0.717) is 5.69 Å². The Balaban J connectivity index is 1.87. The van der Waals surface area contributed by atoms with Gasteiger partial charge in [0.1, 0.15) is 0 Å². The van der Waals surface area contributed by atoms with Gasteiger partial charge >= 0.3 is 5.97 Å². The van der Waals surface area contributed by atoms with Crippen molar-refractivity contribution in [2.24, 2.45) is 0 Å². The maximum absolute atomic E-state index is 11.5. The van der Waals surface area contributed by atoms with Gasteiger partial charge in [-0.1, -0.05) is 0 Å². The molecule has 0 aliphatic carbocycles. The van der Waals surface area contributed by atoms with Crippen LogP contribution in [0.1, 0.15) is 25.7 Å². The lowest BCUT2D eigenvalue weighted by Gasteiger charge is -2.17. The van der Waals surface area contributed by atoms with Crippen molar-refractivity contribution in [2.45, 2.75) is 25.7 Å². The Morgan fingerprint density at radius 2 is 1.74 bits per heavy atom. The molecule has 0 aromatic heterocycles. The first-order valence-corrected chi connectivity index (χ1v) is 6.52. The van der Waals surface area contributed by atoms with Crippen molar-refractivity contribution in [3.63, 3.8) is 0 Å². The number of carbonyl (C=O) groups excluding carboxylic acids is 1. The predicted molar refractivity (Wildman–Crippen MR) is 73.4 cm³/mol. The molecule has 0 radical (unpaired) electrons. The second-order valence-electron chi connectivity index (χ2n) is 4.68. The van der Waals surface area contributed by atoms with E-state index in [0.717, 1.165) is 13.1 Å². The lowest BCUT2D eigenvalue weighted by atomic mass is 10.2. The second-order valence-corrected chi connectivity index (χ2v) is 4.68. The standard InChI is InChI=1S/C14H18N2O3/c17-13(7-8-14(18)19)15-11-3-5-12(6-4-11)16-9-1-2-10-16/h3-6H,1-2,7-10H2,(H,15,17)(H,18,19). The minimum atomic E-state index is -0.959. The maximum Gasteiger partial charge on any atom is 0.303 e. The average Bonchev–Trinajstić information content (AvgIpc) is 2.91. The maximum atomic E-state index is 11.5. The van der Waals surface area contributed by atoms with Crippen molar-refractivity contribution in [3.8, 4) is 0 Å². The summed E-state index contributed by atoms with van der Waals surface area (Å²) in [4.78, 5) is 24.2. The van der Waals surface area contributed by atoms with Crippen LogP contribution in [0.2, 0.25) is 0 Å². The SMILES string of the molecule is O=C(O)CCC(=O)Nc1ccc(N2CCCC2)cc1. The number of benzene rings is 1. The summed E-state index contributed by atoms with van der Waals surface area (Å²) in [6, 6.07) is 7.68. The first-order chi connectivity index (χ1) is 9.15. The molecule has 102 valence electrons. The lowest BCUT2D eigenvalue weighted by molar-refractivity contribution is -0.138.